The second-order valence-electron chi connectivity index (χ2n) is 2.56. The molecule has 1 aromatic carbocycles. The summed E-state index contributed by atoms with van der Waals surface area (Å²) in [5.41, 5.74) is -5.17. The second-order valence-corrected chi connectivity index (χ2v) is 2.56. The summed E-state index contributed by atoms with van der Waals surface area (Å²) in [5, 5.41) is 21.0. The molecule has 0 aliphatic carbocycles. The van der Waals surface area contributed by atoms with Crippen molar-refractivity contribution in [2.45, 2.75) is 32.3 Å². The van der Waals surface area contributed by atoms with Gasteiger partial charge in [-0.1, -0.05) is 30.2 Å². The molecule has 1 aromatic rings. The Bertz CT molecular complexity index is 687. The minimum absolute atomic E-state index is 0.882. The van der Waals surface area contributed by atoms with Crippen LogP contribution in [0.15, 0.2) is 30.2 Å². The van der Waals surface area contributed by atoms with Crippen LogP contribution in [0.5, 0.6) is 0 Å². The van der Waals surface area contributed by atoms with Gasteiger partial charge >= 0.3 is 0 Å². The zero-order chi connectivity index (χ0) is 22.6. The molecular weight excluding hydrogens is 178 g/mol. The highest BCUT2D eigenvalue weighted by Crippen LogP contribution is 2.08. The highest BCUT2D eigenvalue weighted by Gasteiger charge is 2.25. The first-order valence-electron chi connectivity index (χ1n) is 10.5. The molecule has 1 rings (SSSR count). The Morgan fingerprint density at radius 2 is 2.00 bits per heavy atom. The third-order valence-corrected chi connectivity index (χ3v) is 1.41. The van der Waals surface area contributed by atoms with Gasteiger partial charge in [0.05, 0.1) is 12.4 Å². The van der Waals surface area contributed by atoms with Crippen molar-refractivity contribution in [3.8, 4) is 0 Å². The number of quaternary nitrogens is 1. The normalized spacial score (nSPS) is 33.6. The van der Waals surface area contributed by atoms with Gasteiger partial charge in [-0.25, -0.2) is 0 Å². The van der Waals surface area contributed by atoms with E-state index in [0.717, 1.165) is 0 Å². The van der Waals surface area contributed by atoms with Crippen LogP contribution in [0, 0.1) is 5.21 Å². The highest BCUT2D eigenvalue weighted by molar-refractivity contribution is 5.15. The van der Waals surface area contributed by atoms with Gasteiger partial charge in [-0.3, -0.25) is 0 Å². The van der Waals surface area contributed by atoms with Crippen LogP contribution in [0.1, 0.15) is 51.5 Å². The molecule has 0 aliphatic heterocycles. The predicted molar refractivity (Wildman–Crippen MR) is 55.5 cm³/mol. The van der Waals surface area contributed by atoms with Crippen LogP contribution in [0.4, 0.5) is 0 Å². The zero-order valence-electron chi connectivity index (χ0n) is 20.9. The van der Waals surface area contributed by atoms with E-state index in [1.165, 1.54) is 0 Å². The molecule has 3 nitrogen and oxygen atoms in total. The first kappa shape index (κ1) is 2.61. The van der Waals surface area contributed by atoms with Crippen LogP contribution in [0.25, 0.3) is 0 Å². The lowest BCUT2D eigenvalue weighted by atomic mass is 10.1. The van der Waals surface area contributed by atoms with Crippen LogP contribution >= 0.6 is 0 Å². The van der Waals surface area contributed by atoms with E-state index in [4.69, 9.17) is 19.2 Å². The topological polar surface area (TPSA) is 47.7 Å². The van der Waals surface area contributed by atoms with Gasteiger partial charge in [-0.05, 0) is 20.6 Å². The van der Waals surface area contributed by atoms with E-state index < -0.39 is 73.2 Å². The number of nitrogens with one attached hydrogen (secondary N) is 1. The molecule has 0 radical (unpaired) electrons. The maximum atomic E-state index is 12.9. The predicted octanol–water partition coefficient (Wildman–Crippen LogP) is 0.859. The molecule has 0 saturated carbocycles. The van der Waals surface area contributed by atoms with Gasteiger partial charge in [0.25, 0.3) is 0 Å². The van der Waals surface area contributed by atoms with E-state index in [1.54, 1.807) is 0 Å². The molecule has 3 heteroatoms. The minimum atomic E-state index is -4.06. The molecule has 78 valence electrons. The molecule has 0 aromatic heterocycles. The lowest BCUT2D eigenvalue weighted by Gasteiger charge is -2.38. The molecule has 0 heterocycles. The number of benzene rings is 1. The van der Waals surface area contributed by atoms with Gasteiger partial charge in [0.1, 0.15) is 0 Å². The summed E-state index contributed by atoms with van der Waals surface area (Å²) in [7, 11) is 0. The van der Waals surface area contributed by atoms with E-state index in [-0.39, 0.29) is 0 Å². The molecule has 2 atom stereocenters. The van der Waals surface area contributed by atoms with Crippen molar-refractivity contribution < 1.29 is 29.4 Å². The first-order chi connectivity index (χ1) is 12.2. The number of aliphatic hydroxyl groups excluding tert-OH is 1. The van der Waals surface area contributed by atoms with Crippen LogP contribution in [-0.4, -0.2) is 10.6 Å². The van der Waals surface area contributed by atoms with E-state index >= 15 is 0 Å². The van der Waals surface area contributed by atoms with Gasteiger partial charge in [0.2, 0.25) is 6.23 Å². The van der Waals surface area contributed by atoms with Crippen LogP contribution in [-0.2, 0) is 0 Å². The summed E-state index contributed by atoms with van der Waals surface area (Å²) in [5.74, 6) is 0. The molecule has 0 saturated heterocycles. The van der Waals surface area contributed by atoms with Gasteiger partial charge in [-0.2, -0.15) is 0 Å². The van der Waals surface area contributed by atoms with Gasteiger partial charge in [-0.15, -0.1) is 0 Å². The summed E-state index contributed by atoms with van der Waals surface area (Å²) < 4.78 is 105. The number of hydrogen-bond acceptors (Lipinski definition) is 2. The lowest BCUT2D eigenvalue weighted by Crippen LogP contribution is -3.15. The lowest BCUT2D eigenvalue weighted by molar-refractivity contribution is -0.952. The minimum Gasteiger partial charge on any atom is -0.632 e. The van der Waals surface area contributed by atoms with Crippen molar-refractivity contribution in [2.24, 2.45) is 0 Å². The molecule has 2 unspecified atom stereocenters. The molecule has 0 fully saturated rings. The average molecular weight is 209 g/mol. The molecule has 14 heavy (non-hydrogen) atoms. The van der Waals surface area contributed by atoms with Crippen molar-refractivity contribution in [2.75, 3.05) is 0 Å². The van der Waals surface area contributed by atoms with E-state index in [2.05, 4.69) is 0 Å². The molecule has 0 spiro atoms. The second kappa shape index (κ2) is 4.09. The number of aliphatic hydroxyl groups is 1. The Morgan fingerprint density at radius 3 is 2.50 bits per heavy atom. The first-order valence-corrected chi connectivity index (χ1v) is 3.54. The van der Waals surface area contributed by atoms with Gasteiger partial charge in [0, 0.05) is 17.9 Å². The largest absolute Gasteiger partial charge is 0.632 e. The highest BCUT2D eigenvalue weighted by atomic mass is 16.5. The fraction of sp³-hybridized carbons (Fsp3) is 0.455. The van der Waals surface area contributed by atoms with E-state index in [1.807, 2.05) is 0 Å². The summed E-state index contributed by atoms with van der Waals surface area (Å²) in [6, 6.07) is -5.04. The standard InChI is InChI=1S/C11H17NO2/c1-11(2,3)12(14)10(13)9-7-5-4-6-8-9/h4-8,10,12-13H,1-3H3/i1D3,2D3,3D3,4D,5D,6D,7D,8D. The van der Waals surface area contributed by atoms with Crippen molar-refractivity contribution in [3.05, 3.63) is 41.0 Å². The number of hydrogen-bond donors (Lipinski definition) is 2. The average Bonchev–Trinajstić information content (AvgIpc) is 2.47. The summed E-state index contributed by atoms with van der Waals surface area (Å²) in [6.07, 6.45) is -2.91. The monoisotopic (exact) mass is 209 g/mol. The Hall–Kier alpha value is -0.900. The van der Waals surface area contributed by atoms with Crippen molar-refractivity contribution >= 4 is 0 Å². The van der Waals surface area contributed by atoms with Gasteiger partial charge < -0.3 is 15.4 Å². The molecular formula is C11H17NO2. The van der Waals surface area contributed by atoms with Crippen molar-refractivity contribution in [1.82, 2.24) is 0 Å². The van der Waals surface area contributed by atoms with Crippen LogP contribution in [0.3, 0.4) is 0 Å². The fourth-order valence-corrected chi connectivity index (χ4v) is 0.733. The maximum Gasteiger partial charge on any atom is 0.216 e. The van der Waals surface area contributed by atoms with E-state index in [9.17, 15) is 10.3 Å². The molecule has 0 aliphatic rings. The Balaban J connectivity index is 3.89. The van der Waals surface area contributed by atoms with E-state index in [0.29, 0.717) is 0 Å². The molecule has 2 N–H and O–H groups in total. The Labute approximate surface area is 104 Å². The van der Waals surface area contributed by atoms with Crippen molar-refractivity contribution in [1.29, 1.82) is 0 Å². The third-order valence-electron chi connectivity index (χ3n) is 1.41. The maximum absolute atomic E-state index is 12.9. The summed E-state index contributed by atoms with van der Waals surface area (Å²) in [4.78, 5) is 0. The number of rotatable bonds is 2. The Kier molecular flexibility index (Phi) is 0.762. The summed E-state index contributed by atoms with van der Waals surface area (Å²) in [6.45, 7) is -11.8. The number of hydroxylamine groups is 2. The Morgan fingerprint density at radius 1 is 1.43 bits per heavy atom. The molecule has 0 bridgehead atoms. The zero-order valence-corrected chi connectivity index (χ0v) is 6.93. The SMILES string of the molecule is [2H]c1c([2H])c([2H])c(C(O)[NH+]([O-])C(C([2H])([2H])[2H])(C([2H])([2H])[2H])C([2H])([2H])[2H])c([2H])c1[2H]. The van der Waals surface area contributed by atoms with Crippen molar-refractivity contribution in [3.63, 3.8) is 0 Å². The van der Waals surface area contributed by atoms with Crippen LogP contribution < -0.4 is 5.06 Å². The molecule has 0 amide bonds. The van der Waals surface area contributed by atoms with Crippen LogP contribution in [0.2, 0.25) is 0 Å². The van der Waals surface area contributed by atoms with Gasteiger partial charge in [0.15, 0.2) is 0 Å². The fourth-order valence-electron chi connectivity index (χ4n) is 0.733. The third kappa shape index (κ3) is 2.54. The summed E-state index contributed by atoms with van der Waals surface area (Å²) >= 11 is 0. The smallest absolute Gasteiger partial charge is 0.216 e. The quantitative estimate of drug-likeness (QED) is 0.560.